The van der Waals surface area contributed by atoms with Crippen LogP contribution in [0.15, 0.2) is 0 Å². The quantitative estimate of drug-likeness (QED) is 0.720. The van der Waals surface area contributed by atoms with Crippen LogP contribution < -0.4 is 5.32 Å². The molecule has 1 rings (SSSR count). The molecular weight excluding hydrogens is 200 g/mol. The molecular formula is C13H28N2O. The highest BCUT2D eigenvalue weighted by Crippen LogP contribution is 2.12. The minimum absolute atomic E-state index is 0.479. The van der Waals surface area contributed by atoms with Crippen molar-refractivity contribution in [2.45, 2.75) is 52.2 Å². The summed E-state index contributed by atoms with van der Waals surface area (Å²) in [5, 5.41) is 3.47. The Bertz CT molecular complexity index is 173. The van der Waals surface area contributed by atoms with Crippen LogP contribution >= 0.6 is 0 Å². The van der Waals surface area contributed by atoms with Crippen molar-refractivity contribution in [1.29, 1.82) is 0 Å². The first-order valence-corrected chi connectivity index (χ1v) is 6.79. The highest BCUT2D eigenvalue weighted by Gasteiger charge is 2.19. The van der Waals surface area contributed by atoms with Gasteiger partial charge in [0.25, 0.3) is 0 Å². The van der Waals surface area contributed by atoms with Gasteiger partial charge >= 0.3 is 0 Å². The van der Waals surface area contributed by atoms with E-state index in [4.69, 9.17) is 4.74 Å². The number of likely N-dealkylation sites (tertiary alicyclic amines) is 1. The molecule has 3 nitrogen and oxygen atoms in total. The van der Waals surface area contributed by atoms with Gasteiger partial charge in [-0.2, -0.15) is 0 Å². The third-order valence-corrected chi connectivity index (χ3v) is 3.00. The van der Waals surface area contributed by atoms with E-state index < -0.39 is 0 Å². The first-order chi connectivity index (χ1) is 7.72. The third kappa shape index (κ3) is 5.83. The molecule has 1 N–H and O–H groups in total. The Morgan fingerprint density at radius 2 is 2.25 bits per heavy atom. The lowest BCUT2D eigenvalue weighted by Crippen LogP contribution is -2.43. The molecule has 96 valence electrons. The Kier molecular flexibility index (Phi) is 7.01. The van der Waals surface area contributed by atoms with Crippen LogP contribution in [-0.2, 0) is 4.74 Å². The summed E-state index contributed by atoms with van der Waals surface area (Å²) in [5.74, 6) is 0. The maximum Gasteiger partial charge on any atom is 0.0702 e. The predicted octanol–water partition coefficient (Wildman–Crippen LogP) is 1.88. The standard InChI is InChI=1S/C13H28N2O/c1-4-10-16-13-6-5-8-15(11-13)9-7-14-12(2)3/h12-14H,4-11H2,1-3H3. The monoisotopic (exact) mass is 228 g/mol. The first-order valence-electron chi connectivity index (χ1n) is 6.79. The zero-order valence-electron chi connectivity index (χ0n) is 11.2. The van der Waals surface area contributed by atoms with Crippen LogP contribution in [0.25, 0.3) is 0 Å². The van der Waals surface area contributed by atoms with Gasteiger partial charge in [0.2, 0.25) is 0 Å². The second-order valence-electron chi connectivity index (χ2n) is 5.04. The van der Waals surface area contributed by atoms with Crippen molar-refractivity contribution in [3.05, 3.63) is 0 Å². The molecule has 1 aliphatic rings. The zero-order valence-corrected chi connectivity index (χ0v) is 11.2. The van der Waals surface area contributed by atoms with Crippen LogP contribution in [0.3, 0.4) is 0 Å². The van der Waals surface area contributed by atoms with Crippen LogP contribution in [0.1, 0.15) is 40.0 Å². The van der Waals surface area contributed by atoms with Gasteiger partial charge in [0.15, 0.2) is 0 Å². The van der Waals surface area contributed by atoms with E-state index in [-0.39, 0.29) is 0 Å². The minimum atomic E-state index is 0.479. The van der Waals surface area contributed by atoms with Crippen LogP contribution in [0.4, 0.5) is 0 Å². The van der Waals surface area contributed by atoms with E-state index in [2.05, 4.69) is 31.0 Å². The van der Waals surface area contributed by atoms with Crippen molar-refractivity contribution in [1.82, 2.24) is 10.2 Å². The molecule has 1 unspecified atom stereocenters. The van der Waals surface area contributed by atoms with E-state index in [9.17, 15) is 0 Å². The Morgan fingerprint density at radius 3 is 2.94 bits per heavy atom. The van der Waals surface area contributed by atoms with Gasteiger partial charge in [-0.15, -0.1) is 0 Å². The van der Waals surface area contributed by atoms with Gasteiger partial charge < -0.3 is 10.1 Å². The minimum Gasteiger partial charge on any atom is -0.377 e. The van der Waals surface area contributed by atoms with Crippen LogP contribution in [0.5, 0.6) is 0 Å². The molecule has 1 heterocycles. The number of hydrogen-bond donors (Lipinski definition) is 1. The second kappa shape index (κ2) is 8.04. The molecule has 0 aromatic carbocycles. The average molecular weight is 228 g/mol. The van der Waals surface area contributed by atoms with Gasteiger partial charge in [-0.1, -0.05) is 20.8 Å². The number of rotatable bonds is 7. The number of nitrogens with one attached hydrogen (secondary N) is 1. The molecule has 0 amide bonds. The van der Waals surface area contributed by atoms with Gasteiger partial charge in [-0.05, 0) is 25.8 Å². The molecule has 0 spiro atoms. The van der Waals surface area contributed by atoms with E-state index in [1.54, 1.807) is 0 Å². The summed E-state index contributed by atoms with van der Waals surface area (Å²) in [6.07, 6.45) is 4.14. The molecule has 0 bridgehead atoms. The molecule has 1 atom stereocenters. The average Bonchev–Trinajstić information content (AvgIpc) is 2.26. The van der Waals surface area contributed by atoms with Gasteiger partial charge in [-0.3, -0.25) is 4.90 Å². The smallest absolute Gasteiger partial charge is 0.0702 e. The Labute approximate surface area is 101 Å². The number of piperidine rings is 1. The topological polar surface area (TPSA) is 24.5 Å². The number of ether oxygens (including phenoxy) is 1. The summed E-state index contributed by atoms with van der Waals surface area (Å²) in [5.41, 5.74) is 0. The summed E-state index contributed by atoms with van der Waals surface area (Å²) in [6, 6.07) is 0.594. The van der Waals surface area contributed by atoms with Crippen molar-refractivity contribution in [3.63, 3.8) is 0 Å². The fraction of sp³-hybridized carbons (Fsp3) is 1.00. The molecule has 0 aromatic rings. The van der Waals surface area contributed by atoms with Crippen molar-refractivity contribution in [2.75, 3.05) is 32.8 Å². The van der Waals surface area contributed by atoms with E-state index >= 15 is 0 Å². The van der Waals surface area contributed by atoms with Crippen LogP contribution in [0.2, 0.25) is 0 Å². The maximum absolute atomic E-state index is 5.83. The number of hydrogen-bond acceptors (Lipinski definition) is 3. The van der Waals surface area contributed by atoms with Crippen molar-refractivity contribution in [2.24, 2.45) is 0 Å². The molecule has 3 heteroatoms. The lowest BCUT2D eigenvalue weighted by atomic mass is 10.1. The first kappa shape index (κ1) is 13.9. The van der Waals surface area contributed by atoms with E-state index in [1.165, 1.54) is 19.4 Å². The van der Waals surface area contributed by atoms with Gasteiger partial charge in [0.05, 0.1) is 6.10 Å². The Balaban J connectivity index is 2.12. The molecule has 0 saturated carbocycles. The lowest BCUT2D eigenvalue weighted by Gasteiger charge is -2.32. The maximum atomic E-state index is 5.83. The normalized spacial score (nSPS) is 22.9. The summed E-state index contributed by atoms with van der Waals surface area (Å²) in [7, 11) is 0. The molecule has 1 saturated heterocycles. The predicted molar refractivity (Wildman–Crippen MR) is 68.8 cm³/mol. The van der Waals surface area contributed by atoms with Crippen LogP contribution in [0, 0.1) is 0 Å². The van der Waals surface area contributed by atoms with Gasteiger partial charge in [0.1, 0.15) is 0 Å². The third-order valence-electron chi connectivity index (χ3n) is 3.00. The van der Waals surface area contributed by atoms with Crippen molar-refractivity contribution < 1.29 is 4.74 Å². The van der Waals surface area contributed by atoms with Crippen LogP contribution in [-0.4, -0.2) is 49.8 Å². The van der Waals surface area contributed by atoms with E-state index in [0.717, 1.165) is 32.7 Å². The summed E-state index contributed by atoms with van der Waals surface area (Å²) < 4.78 is 5.83. The molecule has 1 aliphatic heterocycles. The zero-order chi connectivity index (χ0) is 11.8. The van der Waals surface area contributed by atoms with E-state index in [1.807, 2.05) is 0 Å². The molecule has 16 heavy (non-hydrogen) atoms. The summed E-state index contributed by atoms with van der Waals surface area (Å²) >= 11 is 0. The van der Waals surface area contributed by atoms with Gasteiger partial charge in [-0.25, -0.2) is 0 Å². The fourth-order valence-electron chi connectivity index (χ4n) is 2.15. The molecule has 0 aliphatic carbocycles. The molecule has 0 radical (unpaired) electrons. The van der Waals surface area contributed by atoms with E-state index in [0.29, 0.717) is 12.1 Å². The van der Waals surface area contributed by atoms with Gasteiger partial charge in [0, 0.05) is 32.3 Å². The molecule has 1 fully saturated rings. The largest absolute Gasteiger partial charge is 0.377 e. The van der Waals surface area contributed by atoms with Crippen molar-refractivity contribution in [3.8, 4) is 0 Å². The Morgan fingerprint density at radius 1 is 1.44 bits per heavy atom. The summed E-state index contributed by atoms with van der Waals surface area (Å²) in [6.45, 7) is 12.1. The molecule has 0 aromatic heterocycles. The Hall–Kier alpha value is -0.120. The number of nitrogens with zero attached hydrogens (tertiary/aromatic N) is 1. The highest BCUT2D eigenvalue weighted by atomic mass is 16.5. The fourth-order valence-corrected chi connectivity index (χ4v) is 2.15. The SMILES string of the molecule is CCCOC1CCCN(CCNC(C)C)C1. The van der Waals surface area contributed by atoms with Crippen molar-refractivity contribution >= 4 is 0 Å². The summed E-state index contributed by atoms with van der Waals surface area (Å²) in [4.78, 5) is 2.53. The highest BCUT2D eigenvalue weighted by molar-refractivity contribution is 4.74. The second-order valence-corrected chi connectivity index (χ2v) is 5.04. The lowest BCUT2D eigenvalue weighted by molar-refractivity contribution is 0.000283.